The molecule has 0 saturated heterocycles. The molecule has 0 amide bonds. The van der Waals surface area contributed by atoms with Crippen molar-refractivity contribution in [2.75, 3.05) is 13.7 Å². The predicted octanol–water partition coefficient (Wildman–Crippen LogP) is 7.36. The SMILES string of the molecule is COC(=O)C(OC(C)(C)C)c1c(C(F)(F)F)ccc(-c2ccc(=O)n(CCC3CC3)c2)c1-c1ccc2c(c1)CCCO2. The van der Waals surface area contributed by atoms with Crippen LogP contribution >= 0.6 is 0 Å². The minimum Gasteiger partial charge on any atom is -0.493 e. The molecule has 2 aromatic carbocycles. The Morgan fingerprint density at radius 3 is 2.48 bits per heavy atom. The maximum Gasteiger partial charge on any atom is 0.416 e. The van der Waals surface area contributed by atoms with Crippen molar-refractivity contribution in [2.45, 2.75) is 77.3 Å². The van der Waals surface area contributed by atoms with Gasteiger partial charge in [-0.15, -0.1) is 0 Å². The number of methoxy groups -OCH3 is 1. The van der Waals surface area contributed by atoms with Crippen molar-refractivity contribution >= 4 is 5.97 Å². The van der Waals surface area contributed by atoms with Crippen LogP contribution in [0.15, 0.2) is 53.5 Å². The molecule has 9 heteroatoms. The van der Waals surface area contributed by atoms with Gasteiger partial charge in [-0.3, -0.25) is 4.79 Å². The number of pyridine rings is 1. The van der Waals surface area contributed by atoms with E-state index in [0.29, 0.717) is 47.9 Å². The molecule has 1 aliphatic carbocycles. The van der Waals surface area contributed by atoms with Gasteiger partial charge in [0, 0.05) is 24.4 Å². The summed E-state index contributed by atoms with van der Waals surface area (Å²) in [6.45, 7) is 6.11. The van der Waals surface area contributed by atoms with Gasteiger partial charge in [-0.05, 0) is 98.0 Å². The van der Waals surface area contributed by atoms with Gasteiger partial charge < -0.3 is 18.8 Å². The highest BCUT2D eigenvalue weighted by Gasteiger charge is 2.42. The van der Waals surface area contributed by atoms with Gasteiger partial charge in [0.25, 0.3) is 5.56 Å². The average Bonchev–Trinajstić information content (AvgIpc) is 3.78. The molecular weight excluding hydrogens is 547 g/mol. The van der Waals surface area contributed by atoms with Gasteiger partial charge in [0.2, 0.25) is 0 Å². The van der Waals surface area contributed by atoms with Crippen molar-refractivity contribution < 1.29 is 32.2 Å². The lowest BCUT2D eigenvalue weighted by Crippen LogP contribution is -2.30. The Kier molecular flexibility index (Phi) is 8.25. The Morgan fingerprint density at radius 2 is 1.81 bits per heavy atom. The average molecular weight is 584 g/mol. The van der Waals surface area contributed by atoms with Gasteiger partial charge in [-0.1, -0.05) is 25.0 Å². The number of hydrogen-bond acceptors (Lipinski definition) is 5. The van der Waals surface area contributed by atoms with Gasteiger partial charge in [-0.25, -0.2) is 4.79 Å². The highest BCUT2D eigenvalue weighted by molar-refractivity contribution is 5.91. The van der Waals surface area contributed by atoms with E-state index in [1.54, 1.807) is 49.7 Å². The molecule has 1 saturated carbocycles. The lowest BCUT2D eigenvalue weighted by molar-refractivity contribution is -0.166. The molecule has 1 unspecified atom stereocenters. The van der Waals surface area contributed by atoms with Crippen molar-refractivity contribution in [3.8, 4) is 28.0 Å². The summed E-state index contributed by atoms with van der Waals surface area (Å²) in [7, 11) is 1.13. The van der Waals surface area contributed by atoms with E-state index in [1.807, 2.05) is 6.07 Å². The molecule has 1 atom stereocenters. The number of hydrogen-bond donors (Lipinski definition) is 0. The first kappa shape index (κ1) is 29.9. The molecule has 3 aromatic rings. The molecular formula is C33H36F3NO5. The third kappa shape index (κ3) is 6.56. The van der Waals surface area contributed by atoms with E-state index in [9.17, 15) is 22.8 Å². The molecule has 0 spiro atoms. The summed E-state index contributed by atoms with van der Waals surface area (Å²) in [5.41, 5.74) is 0.0875. The Hall–Kier alpha value is -3.59. The van der Waals surface area contributed by atoms with Gasteiger partial charge in [0.1, 0.15) is 5.75 Å². The molecule has 0 bridgehead atoms. The van der Waals surface area contributed by atoms with E-state index < -0.39 is 29.4 Å². The fraction of sp³-hybridized carbons (Fsp3) is 0.455. The molecule has 1 fully saturated rings. The van der Waals surface area contributed by atoms with Crippen LogP contribution in [0.3, 0.4) is 0 Å². The summed E-state index contributed by atoms with van der Waals surface area (Å²) >= 11 is 0. The smallest absolute Gasteiger partial charge is 0.416 e. The maximum absolute atomic E-state index is 14.7. The Balaban J connectivity index is 1.81. The number of fused-ring (bicyclic) bond motifs is 1. The number of nitrogens with zero attached hydrogens (tertiary/aromatic N) is 1. The van der Waals surface area contributed by atoms with Crippen LogP contribution < -0.4 is 10.3 Å². The predicted molar refractivity (Wildman–Crippen MR) is 153 cm³/mol. The summed E-state index contributed by atoms with van der Waals surface area (Å²) in [6, 6.07) is 10.7. The second-order valence-electron chi connectivity index (χ2n) is 12.0. The van der Waals surface area contributed by atoms with E-state index in [0.717, 1.165) is 44.4 Å². The zero-order chi connectivity index (χ0) is 30.2. The molecule has 5 rings (SSSR count). The lowest BCUT2D eigenvalue weighted by atomic mass is 9.84. The standard InChI is InChI=1S/C33H36F3NO5/c1-32(2,3)42-30(31(39)40-4)29-25(33(34,35)36)12-11-24(23-10-14-27(38)37(19-23)16-15-20-7-8-20)28(29)22-9-13-26-21(18-22)6-5-17-41-26/h9-14,18-20,30H,5-8,15-17H2,1-4H3. The maximum atomic E-state index is 14.7. The van der Waals surface area contributed by atoms with Crippen LogP contribution in [0.25, 0.3) is 22.3 Å². The van der Waals surface area contributed by atoms with Crippen molar-refractivity contribution in [3.63, 3.8) is 0 Å². The monoisotopic (exact) mass is 583 g/mol. The molecule has 2 heterocycles. The van der Waals surface area contributed by atoms with Crippen LogP contribution in [-0.2, 0) is 33.4 Å². The van der Waals surface area contributed by atoms with Crippen molar-refractivity contribution in [1.82, 2.24) is 4.57 Å². The summed E-state index contributed by atoms with van der Waals surface area (Å²) in [5.74, 6) is 0.343. The Labute approximate surface area is 243 Å². The topological polar surface area (TPSA) is 66.8 Å². The molecule has 6 nitrogen and oxygen atoms in total. The number of aryl methyl sites for hydroxylation is 2. The highest BCUT2D eigenvalue weighted by Crippen LogP contribution is 2.47. The van der Waals surface area contributed by atoms with Crippen molar-refractivity contribution in [1.29, 1.82) is 0 Å². The summed E-state index contributed by atoms with van der Waals surface area (Å²) in [5, 5.41) is 0. The van der Waals surface area contributed by atoms with Crippen molar-refractivity contribution in [2.24, 2.45) is 5.92 Å². The quantitative estimate of drug-likeness (QED) is 0.259. The summed E-state index contributed by atoms with van der Waals surface area (Å²) < 4.78 is 62.6. The van der Waals surface area contributed by atoms with E-state index in [2.05, 4.69) is 0 Å². The largest absolute Gasteiger partial charge is 0.493 e. The zero-order valence-electron chi connectivity index (χ0n) is 24.3. The second kappa shape index (κ2) is 11.6. The van der Waals surface area contributed by atoms with Gasteiger partial charge in [0.15, 0.2) is 6.10 Å². The number of benzene rings is 2. The van der Waals surface area contributed by atoms with Crippen LogP contribution in [-0.4, -0.2) is 29.9 Å². The summed E-state index contributed by atoms with van der Waals surface area (Å²) in [6.07, 6.45) is -0.133. The van der Waals surface area contributed by atoms with E-state index >= 15 is 0 Å². The van der Waals surface area contributed by atoms with Crippen LogP contribution in [0.5, 0.6) is 5.75 Å². The highest BCUT2D eigenvalue weighted by atomic mass is 19.4. The first-order chi connectivity index (χ1) is 19.9. The van der Waals surface area contributed by atoms with Gasteiger partial charge >= 0.3 is 12.1 Å². The van der Waals surface area contributed by atoms with Crippen LogP contribution in [0.2, 0.25) is 0 Å². The first-order valence-corrected chi connectivity index (χ1v) is 14.3. The van der Waals surface area contributed by atoms with Crippen molar-refractivity contribution in [3.05, 3.63) is 75.7 Å². The van der Waals surface area contributed by atoms with Crippen LogP contribution in [0.1, 0.15) is 69.2 Å². The van der Waals surface area contributed by atoms with E-state index in [-0.39, 0.29) is 16.7 Å². The third-order valence-electron chi connectivity index (χ3n) is 7.67. The first-order valence-electron chi connectivity index (χ1n) is 14.3. The minimum absolute atomic E-state index is 0.178. The Morgan fingerprint density at radius 1 is 1.07 bits per heavy atom. The molecule has 2 aliphatic rings. The number of rotatable bonds is 8. The Bertz CT molecular complexity index is 1530. The van der Waals surface area contributed by atoms with Crippen LogP contribution in [0, 0.1) is 5.92 Å². The number of carbonyl (C=O) groups is 1. The number of alkyl halides is 3. The third-order valence-corrected chi connectivity index (χ3v) is 7.67. The molecule has 42 heavy (non-hydrogen) atoms. The summed E-state index contributed by atoms with van der Waals surface area (Å²) in [4.78, 5) is 25.9. The molecule has 1 aliphatic heterocycles. The minimum atomic E-state index is -4.80. The van der Waals surface area contributed by atoms with Gasteiger partial charge in [-0.2, -0.15) is 13.2 Å². The number of halogens is 3. The number of carbonyl (C=O) groups excluding carboxylic acids is 1. The van der Waals surface area contributed by atoms with Gasteiger partial charge in [0.05, 0.1) is 24.9 Å². The van der Waals surface area contributed by atoms with E-state index in [4.69, 9.17) is 14.2 Å². The molecule has 224 valence electrons. The fourth-order valence-electron chi connectivity index (χ4n) is 5.49. The number of aromatic nitrogens is 1. The fourth-order valence-corrected chi connectivity index (χ4v) is 5.49. The molecule has 0 radical (unpaired) electrons. The van der Waals surface area contributed by atoms with Crippen LogP contribution in [0.4, 0.5) is 13.2 Å². The zero-order valence-corrected chi connectivity index (χ0v) is 24.3. The lowest BCUT2D eigenvalue weighted by Gasteiger charge is -2.31. The number of esters is 1. The molecule has 0 N–H and O–H groups in total. The second-order valence-corrected chi connectivity index (χ2v) is 12.0. The molecule has 1 aromatic heterocycles. The van der Waals surface area contributed by atoms with E-state index in [1.165, 1.54) is 12.1 Å². The number of ether oxygens (including phenoxy) is 3. The normalized spacial score (nSPS) is 16.0.